The molecule has 4 aromatic rings. The number of hydrogen-bond acceptors (Lipinski definition) is 5. The summed E-state index contributed by atoms with van der Waals surface area (Å²) < 4.78 is 16.5. The van der Waals surface area contributed by atoms with Gasteiger partial charge in [0.25, 0.3) is 5.56 Å². The molecule has 2 heterocycles. The summed E-state index contributed by atoms with van der Waals surface area (Å²) in [6.45, 7) is 3.65. The number of pyridine rings is 1. The molecule has 0 aliphatic heterocycles. The Labute approximate surface area is 148 Å². The molecule has 0 aliphatic rings. The van der Waals surface area contributed by atoms with Crippen LogP contribution in [0.5, 0.6) is 5.75 Å². The molecule has 0 amide bonds. The molecule has 0 bridgehead atoms. The third kappa shape index (κ3) is 2.60. The Morgan fingerprint density at radius 1 is 1.19 bits per heavy atom. The lowest BCUT2D eigenvalue weighted by molar-refractivity contribution is -0.150. The molecule has 1 unspecified atom stereocenters. The fourth-order valence-corrected chi connectivity index (χ4v) is 3.06. The van der Waals surface area contributed by atoms with Crippen molar-refractivity contribution in [3.63, 3.8) is 0 Å². The van der Waals surface area contributed by atoms with Gasteiger partial charge in [-0.15, -0.1) is 0 Å². The van der Waals surface area contributed by atoms with Gasteiger partial charge in [0, 0.05) is 16.8 Å². The third-order valence-electron chi connectivity index (χ3n) is 4.24. The Kier molecular flexibility index (Phi) is 3.88. The van der Waals surface area contributed by atoms with Gasteiger partial charge < -0.3 is 18.9 Å². The molecule has 26 heavy (non-hydrogen) atoms. The monoisotopic (exact) mass is 351 g/mol. The number of furan rings is 1. The van der Waals surface area contributed by atoms with E-state index >= 15 is 0 Å². The molecule has 0 saturated heterocycles. The molecule has 2 aromatic carbocycles. The van der Waals surface area contributed by atoms with Gasteiger partial charge >= 0.3 is 5.97 Å². The third-order valence-corrected chi connectivity index (χ3v) is 4.24. The maximum atomic E-state index is 12.6. The van der Waals surface area contributed by atoms with Crippen molar-refractivity contribution in [2.75, 3.05) is 6.61 Å². The second-order valence-electron chi connectivity index (χ2n) is 5.98. The average molecular weight is 351 g/mol. The molecular weight excluding hydrogens is 334 g/mol. The van der Waals surface area contributed by atoms with E-state index in [1.165, 1.54) is 0 Å². The van der Waals surface area contributed by atoms with Crippen molar-refractivity contribution in [1.29, 1.82) is 0 Å². The van der Waals surface area contributed by atoms with E-state index in [1.54, 1.807) is 26.0 Å². The van der Waals surface area contributed by atoms with E-state index in [0.29, 0.717) is 34.4 Å². The molecule has 0 spiro atoms. The lowest BCUT2D eigenvalue weighted by Gasteiger charge is -2.13. The van der Waals surface area contributed by atoms with Gasteiger partial charge in [0.15, 0.2) is 6.10 Å². The standard InChI is InChI=1S/C20H17NO5/c1-3-24-20(23)11(2)25-12-8-9-13-15(10-12)21-19(22)17-14-6-4-5-7-16(14)26-18(13)17/h4-11H,3H2,1-2H3,(H,21,22). The zero-order chi connectivity index (χ0) is 18.3. The molecule has 0 aliphatic carbocycles. The minimum Gasteiger partial charge on any atom is -0.479 e. The predicted molar refractivity (Wildman–Crippen MR) is 98.6 cm³/mol. The Bertz CT molecular complexity index is 1190. The van der Waals surface area contributed by atoms with E-state index < -0.39 is 12.1 Å². The fourth-order valence-electron chi connectivity index (χ4n) is 3.06. The second-order valence-corrected chi connectivity index (χ2v) is 5.98. The van der Waals surface area contributed by atoms with Gasteiger partial charge in [0.1, 0.15) is 16.9 Å². The number of para-hydroxylation sites is 1. The quantitative estimate of drug-likeness (QED) is 0.566. The van der Waals surface area contributed by atoms with Crippen molar-refractivity contribution < 1.29 is 18.7 Å². The first-order valence-electron chi connectivity index (χ1n) is 8.39. The summed E-state index contributed by atoms with van der Waals surface area (Å²) in [6, 6.07) is 12.7. The Morgan fingerprint density at radius 3 is 2.81 bits per heavy atom. The normalized spacial score (nSPS) is 12.5. The summed E-state index contributed by atoms with van der Waals surface area (Å²) in [5.41, 5.74) is 1.55. The van der Waals surface area contributed by atoms with Crippen LogP contribution in [0.2, 0.25) is 0 Å². The predicted octanol–water partition coefficient (Wildman–Crippen LogP) is 3.76. The van der Waals surface area contributed by atoms with Crippen LogP contribution in [0.15, 0.2) is 51.7 Å². The van der Waals surface area contributed by atoms with E-state index in [4.69, 9.17) is 13.9 Å². The number of nitrogens with one attached hydrogen (secondary N) is 1. The lowest BCUT2D eigenvalue weighted by Crippen LogP contribution is -2.26. The molecule has 0 radical (unpaired) electrons. The Morgan fingerprint density at radius 2 is 2.00 bits per heavy atom. The SMILES string of the molecule is CCOC(=O)C(C)Oc1ccc2c(c1)[nH]c(=O)c1c3ccccc3oc21. The van der Waals surface area contributed by atoms with E-state index in [9.17, 15) is 9.59 Å². The van der Waals surface area contributed by atoms with Crippen molar-refractivity contribution in [3.05, 3.63) is 52.8 Å². The maximum Gasteiger partial charge on any atom is 0.347 e. The van der Waals surface area contributed by atoms with E-state index in [0.717, 1.165) is 10.8 Å². The number of hydrogen-bond donors (Lipinski definition) is 1. The molecule has 1 atom stereocenters. The molecular formula is C20H17NO5. The first kappa shape index (κ1) is 16.2. The molecule has 2 aromatic heterocycles. The van der Waals surface area contributed by atoms with E-state index in [1.807, 2.05) is 30.3 Å². The molecule has 132 valence electrons. The molecule has 6 heteroatoms. The van der Waals surface area contributed by atoms with Gasteiger partial charge in [-0.25, -0.2) is 4.79 Å². The minimum absolute atomic E-state index is 0.229. The fraction of sp³-hybridized carbons (Fsp3) is 0.200. The van der Waals surface area contributed by atoms with Crippen molar-refractivity contribution >= 4 is 38.8 Å². The highest BCUT2D eigenvalue weighted by molar-refractivity contribution is 6.13. The largest absolute Gasteiger partial charge is 0.479 e. The highest BCUT2D eigenvalue weighted by Gasteiger charge is 2.17. The summed E-state index contributed by atoms with van der Waals surface area (Å²) in [5.74, 6) is 0.0259. The van der Waals surface area contributed by atoms with Crippen molar-refractivity contribution in [2.45, 2.75) is 20.0 Å². The Balaban J connectivity index is 1.82. The molecule has 1 N–H and O–H groups in total. The van der Waals surface area contributed by atoms with Gasteiger partial charge in [-0.2, -0.15) is 0 Å². The average Bonchev–Trinajstić information content (AvgIpc) is 3.02. The van der Waals surface area contributed by atoms with Crippen LogP contribution in [0.4, 0.5) is 0 Å². The summed E-state index contributed by atoms with van der Waals surface area (Å²) in [6.07, 6.45) is -0.742. The zero-order valence-electron chi connectivity index (χ0n) is 14.4. The number of carbonyl (C=O) groups is 1. The summed E-state index contributed by atoms with van der Waals surface area (Å²) in [5, 5.41) is 2.08. The lowest BCUT2D eigenvalue weighted by atomic mass is 10.1. The van der Waals surface area contributed by atoms with Gasteiger partial charge in [0.2, 0.25) is 0 Å². The van der Waals surface area contributed by atoms with Crippen LogP contribution in [0.3, 0.4) is 0 Å². The molecule has 0 fully saturated rings. The van der Waals surface area contributed by atoms with Crippen LogP contribution < -0.4 is 10.3 Å². The van der Waals surface area contributed by atoms with Gasteiger partial charge in [-0.05, 0) is 32.0 Å². The number of aromatic nitrogens is 1. The molecule has 0 saturated carbocycles. The van der Waals surface area contributed by atoms with E-state index in [-0.39, 0.29) is 5.56 Å². The maximum absolute atomic E-state index is 12.6. The van der Waals surface area contributed by atoms with Gasteiger partial charge in [0.05, 0.1) is 17.5 Å². The minimum atomic E-state index is -0.742. The topological polar surface area (TPSA) is 81.5 Å². The highest BCUT2D eigenvalue weighted by Crippen LogP contribution is 2.32. The number of esters is 1. The van der Waals surface area contributed by atoms with E-state index in [2.05, 4.69) is 4.98 Å². The van der Waals surface area contributed by atoms with Crippen molar-refractivity contribution in [1.82, 2.24) is 4.98 Å². The summed E-state index contributed by atoms with van der Waals surface area (Å²) >= 11 is 0. The molecule has 4 rings (SSSR count). The number of ether oxygens (including phenoxy) is 2. The first-order valence-corrected chi connectivity index (χ1v) is 8.39. The Hall–Kier alpha value is -3.28. The van der Waals surface area contributed by atoms with Crippen LogP contribution in [0.1, 0.15) is 13.8 Å². The molecule has 6 nitrogen and oxygen atoms in total. The number of benzene rings is 2. The highest BCUT2D eigenvalue weighted by atomic mass is 16.6. The van der Waals surface area contributed by atoms with Gasteiger partial charge in [-0.1, -0.05) is 18.2 Å². The summed E-state index contributed by atoms with van der Waals surface area (Å²) in [7, 11) is 0. The number of H-pyrrole nitrogens is 1. The second kappa shape index (κ2) is 6.22. The van der Waals surface area contributed by atoms with Crippen molar-refractivity contribution in [3.8, 4) is 5.75 Å². The van der Waals surface area contributed by atoms with Crippen LogP contribution >= 0.6 is 0 Å². The number of aromatic amines is 1. The summed E-state index contributed by atoms with van der Waals surface area (Å²) in [4.78, 5) is 27.2. The van der Waals surface area contributed by atoms with Crippen LogP contribution in [0, 0.1) is 0 Å². The number of rotatable bonds is 4. The van der Waals surface area contributed by atoms with Gasteiger partial charge in [-0.3, -0.25) is 4.79 Å². The first-order chi connectivity index (χ1) is 12.6. The smallest absolute Gasteiger partial charge is 0.347 e. The van der Waals surface area contributed by atoms with Crippen LogP contribution in [-0.2, 0) is 9.53 Å². The number of carbonyl (C=O) groups excluding carboxylic acids is 1. The number of fused-ring (bicyclic) bond motifs is 5. The van der Waals surface area contributed by atoms with Crippen molar-refractivity contribution in [2.24, 2.45) is 0 Å². The zero-order valence-corrected chi connectivity index (χ0v) is 14.4. The van der Waals surface area contributed by atoms with Crippen LogP contribution in [0.25, 0.3) is 32.8 Å². The van der Waals surface area contributed by atoms with Crippen LogP contribution in [-0.4, -0.2) is 23.7 Å².